The molecule has 0 radical (unpaired) electrons. The van der Waals surface area contributed by atoms with Gasteiger partial charge in [0.25, 0.3) is 0 Å². The van der Waals surface area contributed by atoms with Crippen LogP contribution in [0.5, 0.6) is 6.01 Å². The molecule has 19 heavy (non-hydrogen) atoms. The molecule has 8 heteroatoms. The second-order valence-corrected chi connectivity index (χ2v) is 4.55. The van der Waals surface area contributed by atoms with Gasteiger partial charge in [0, 0.05) is 13.1 Å². The Morgan fingerprint density at radius 1 is 1.32 bits per heavy atom. The third-order valence-electron chi connectivity index (χ3n) is 2.88. The summed E-state index contributed by atoms with van der Waals surface area (Å²) in [6.45, 7) is 1.78. The molecule has 0 atom stereocenters. The number of hydrogen-bond donors (Lipinski definition) is 1. The van der Waals surface area contributed by atoms with Crippen molar-refractivity contribution in [2.75, 3.05) is 32.1 Å². The predicted molar refractivity (Wildman–Crippen MR) is 70.3 cm³/mol. The highest BCUT2D eigenvalue weighted by molar-refractivity contribution is 6.28. The van der Waals surface area contributed by atoms with Crippen LogP contribution in [0.15, 0.2) is 0 Å². The quantitative estimate of drug-likeness (QED) is 0.887. The van der Waals surface area contributed by atoms with Gasteiger partial charge in [0.15, 0.2) is 0 Å². The van der Waals surface area contributed by atoms with E-state index >= 15 is 0 Å². The summed E-state index contributed by atoms with van der Waals surface area (Å²) in [4.78, 5) is 25.4. The number of nitrogens with zero attached hydrogens (tertiary/aromatic N) is 4. The van der Waals surface area contributed by atoms with E-state index in [4.69, 9.17) is 16.3 Å². The maximum Gasteiger partial charge on any atom is 0.322 e. The molecule has 1 fully saturated rings. The summed E-state index contributed by atoms with van der Waals surface area (Å²) in [5.74, 6) is 0.275. The standard InChI is InChI=1S/C11H16ClN5O2/c1-19-11-15-9(12)14-10(16-11)13-7-8(18)17-5-3-2-4-6-17/h2-7H2,1H3,(H,13,14,15,16). The van der Waals surface area contributed by atoms with Crippen molar-refractivity contribution < 1.29 is 9.53 Å². The molecule has 104 valence electrons. The van der Waals surface area contributed by atoms with Crippen LogP contribution in [0.3, 0.4) is 0 Å². The molecule has 2 rings (SSSR count). The summed E-state index contributed by atoms with van der Waals surface area (Å²) in [7, 11) is 1.44. The molecule has 0 bridgehead atoms. The number of anilines is 1. The Bertz CT molecular complexity index is 451. The monoisotopic (exact) mass is 285 g/mol. The molecule has 0 saturated carbocycles. The first-order valence-electron chi connectivity index (χ1n) is 6.16. The number of nitrogens with one attached hydrogen (secondary N) is 1. The molecule has 0 aliphatic carbocycles. The van der Waals surface area contributed by atoms with E-state index in [-0.39, 0.29) is 29.7 Å². The predicted octanol–water partition coefficient (Wildman–Crippen LogP) is 0.958. The number of amides is 1. The molecule has 1 amide bonds. The molecular weight excluding hydrogens is 270 g/mol. The first-order chi connectivity index (χ1) is 9.19. The molecule has 0 aromatic carbocycles. The minimum absolute atomic E-state index is 0.0276. The van der Waals surface area contributed by atoms with E-state index in [0.29, 0.717) is 0 Å². The molecule has 1 saturated heterocycles. The Morgan fingerprint density at radius 2 is 2.05 bits per heavy atom. The van der Waals surface area contributed by atoms with Gasteiger partial charge in [-0.3, -0.25) is 4.79 Å². The van der Waals surface area contributed by atoms with Gasteiger partial charge in [-0.25, -0.2) is 0 Å². The zero-order valence-electron chi connectivity index (χ0n) is 10.7. The summed E-state index contributed by atoms with van der Waals surface area (Å²) in [6.07, 6.45) is 3.33. The van der Waals surface area contributed by atoms with Gasteiger partial charge >= 0.3 is 6.01 Å². The second kappa shape index (κ2) is 6.51. The van der Waals surface area contributed by atoms with Gasteiger partial charge in [0.1, 0.15) is 0 Å². The zero-order valence-corrected chi connectivity index (χ0v) is 11.5. The first-order valence-corrected chi connectivity index (χ1v) is 6.54. The highest BCUT2D eigenvalue weighted by Crippen LogP contribution is 2.11. The number of methoxy groups -OCH3 is 1. The molecule has 1 aromatic heterocycles. The molecule has 1 aliphatic heterocycles. The van der Waals surface area contributed by atoms with Gasteiger partial charge in [-0.15, -0.1) is 0 Å². The van der Waals surface area contributed by atoms with Crippen molar-refractivity contribution in [2.24, 2.45) is 0 Å². The maximum atomic E-state index is 11.9. The number of ether oxygens (including phenoxy) is 1. The van der Waals surface area contributed by atoms with E-state index < -0.39 is 0 Å². The summed E-state index contributed by atoms with van der Waals surface area (Å²) in [5.41, 5.74) is 0. The van der Waals surface area contributed by atoms with E-state index in [2.05, 4.69) is 20.3 Å². The van der Waals surface area contributed by atoms with Gasteiger partial charge in [-0.05, 0) is 30.9 Å². The number of carbonyl (C=O) groups is 1. The van der Waals surface area contributed by atoms with Crippen LogP contribution in [0.25, 0.3) is 0 Å². The first kappa shape index (κ1) is 13.8. The number of halogens is 1. The third kappa shape index (κ3) is 3.92. The fourth-order valence-corrected chi connectivity index (χ4v) is 2.06. The van der Waals surface area contributed by atoms with Crippen molar-refractivity contribution in [3.05, 3.63) is 5.28 Å². The zero-order chi connectivity index (χ0) is 13.7. The van der Waals surface area contributed by atoms with Crippen molar-refractivity contribution in [3.63, 3.8) is 0 Å². The Balaban J connectivity index is 1.90. The van der Waals surface area contributed by atoms with Gasteiger partial charge < -0.3 is 15.0 Å². The third-order valence-corrected chi connectivity index (χ3v) is 3.05. The number of carbonyl (C=O) groups excluding carboxylic acids is 1. The van der Waals surface area contributed by atoms with Crippen molar-refractivity contribution in [3.8, 4) is 6.01 Å². The van der Waals surface area contributed by atoms with Crippen LogP contribution in [0.2, 0.25) is 5.28 Å². The Morgan fingerprint density at radius 3 is 2.74 bits per heavy atom. The summed E-state index contributed by atoms with van der Waals surface area (Å²) >= 11 is 5.72. The lowest BCUT2D eigenvalue weighted by Crippen LogP contribution is -2.39. The number of rotatable bonds is 4. The molecule has 1 N–H and O–H groups in total. The fraction of sp³-hybridized carbons (Fsp3) is 0.636. The van der Waals surface area contributed by atoms with E-state index in [1.807, 2.05) is 4.90 Å². The topological polar surface area (TPSA) is 80.2 Å². The van der Waals surface area contributed by atoms with Crippen LogP contribution in [0, 0.1) is 0 Å². The maximum absolute atomic E-state index is 11.9. The average molecular weight is 286 g/mol. The van der Waals surface area contributed by atoms with Crippen molar-refractivity contribution in [2.45, 2.75) is 19.3 Å². The van der Waals surface area contributed by atoms with Crippen LogP contribution in [-0.2, 0) is 4.79 Å². The molecule has 1 aromatic rings. The van der Waals surface area contributed by atoms with E-state index in [0.717, 1.165) is 25.9 Å². The summed E-state index contributed by atoms with van der Waals surface area (Å²) < 4.78 is 4.88. The van der Waals surface area contributed by atoms with Crippen molar-refractivity contribution in [1.82, 2.24) is 19.9 Å². The molecule has 7 nitrogen and oxygen atoms in total. The number of hydrogen-bond acceptors (Lipinski definition) is 6. The number of piperidine rings is 1. The molecule has 0 spiro atoms. The molecule has 1 aliphatic rings. The van der Waals surface area contributed by atoms with E-state index in [1.165, 1.54) is 13.5 Å². The van der Waals surface area contributed by atoms with Crippen molar-refractivity contribution in [1.29, 1.82) is 0 Å². The lowest BCUT2D eigenvalue weighted by molar-refractivity contribution is -0.130. The Labute approximate surface area is 116 Å². The SMILES string of the molecule is COc1nc(Cl)nc(NCC(=O)N2CCCCC2)n1. The summed E-state index contributed by atoms with van der Waals surface area (Å²) in [6, 6.07) is 0.118. The van der Waals surface area contributed by atoms with Crippen LogP contribution in [0.1, 0.15) is 19.3 Å². The van der Waals surface area contributed by atoms with Crippen LogP contribution < -0.4 is 10.1 Å². The molecule has 0 unspecified atom stereocenters. The Hall–Kier alpha value is -1.63. The minimum Gasteiger partial charge on any atom is -0.467 e. The van der Waals surface area contributed by atoms with E-state index in [1.54, 1.807) is 0 Å². The highest BCUT2D eigenvalue weighted by Gasteiger charge is 2.16. The smallest absolute Gasteiger partial charge is 0.322 e. The molecule has 2 heterocycles. The van der Waals surface area contributed by atoms with Gasteiger partial charge in [-0.1, -0.05) is 0 Å². The second-order valence-electron chi connectivity index (χ2n) is 4.21. The Kier molecular flexibility index (Phi) is 4.73. The average Bonchev–Trinajstić information content (AvgIpc) is 2.45. The number of likely N-dealkylation sites (tertiary alicyclic amines) is 1. The summed E-state index contributed by atoms with van der Waals surface area (Å²) in [5, 5.41) is 2.87. The number of aromatic nitrogens is 3. The minimum atomic E-state index is 0.0276. The highest BCUT2D eigenvalue weighted by atomic mass is 35.5. The fourth-order valence-electron chi connectivity index (χ4n) is 1.91. The van der Waals surface area contributed by atoms with Crippen LogP contribution in [-0.4, -0.2) is 52.5 Å². The van der Waals surface area contributed by atoms with Gasteiger partial charge in [-0.2, -0.15) is 15.0 Å². The van der Waals surface area contributed by atoms with Gasteiger partial charge in [0.2, 0.25) is 17.1 Å². The van der Waals surface area contributed by atoms with Crippen LogP contribution in [0.4, 0.5) is 5.95 Å². The van der Waals surface area contributed by atoms with Crippen LogP contribution >= 0.6 is 11.6 Å². The molecular formula is C11H16ClN5O2. The lowest BCUT2D eigenvalue weighted by atomic mass is 10.1. The van der Waals surface area contributed by atoms with Crippen molar-refractivity contribution >= 4 is 23.5 Å². The normalized spacial score (nSPS) is 15.2. The van der Waals surface area contributed by atoms with Gasteiger partial charge in [0.05, 0.1) is 13.7 Å². The lowest BCUT2D eigenvalue weighted by Gasteiger charge is -2.26. The largest absolute Gasteiger partial charge is 0.467 e. The van der Waals surface area contributed by atoms with E-state index in [9.17, 15) is 4.79 Å².